The molecule has 0 saturated heterocycles. The Hall–Kier alpha value is -4.19. The van der Waals surface area contributed by atoms with E-state index in [2.05, 4.69) is 0 Å². The van der Waals surface area contributed by atoms with Crippen molar-refractivity contribution in [2.24, 2.45) is 0 Å². The number of carbonyl (C=O) groups is 1. The van der Waals surface area contributed by atoms with E-state index >= 15 is 0 Å². The number of carbonyl (C=O) groups excluding carboxylic acids is 1. The Balaban J connectivity index is 1.64. The second kappa shape index (κ2) is 9.75. The van der Waals surface area contributed by atoms with Gasteiger partial charge in [-0.15, -0.1) is 0 Å². The first-order valence-electron chi connectivity index (χ1n) is 10.4. The molecule has 3 aromatic carbocycles. The fraction of sp³-hybridized carbons (Fsp3) is 0.115. The zero-order chi connectivity index (χ0) is 22.3. The van der Waals surface area contributed by atoms with Gasteiger partial charge in [0.25, 0.3) is 5.56 Å². The number of nitrogens with zero attached hydrogens (tertiary/aromatic N) is 3. The molecule has 32 heavy (non-hydrogen) atoms. The van der Waals surface area contributed by atoms with Crippen molar-refractivity contribution in [3.8, 4) is 0 Å². The van der Waals surface area contributed by atoms with Crippen molar-refractivity contribution < 1.29 is 4.79 Å². The van der Waals surface area contributed by atoms with Crippen LogP contribution < -0.4 is 16.1 Å². The summed E-state index contributed by atoms with van der Waals surface area (Å²) in [6.45, 7) is 0.319. The first kappa shape index (κ1) is 21.1. The molecular weight excluding hydrogens is 402 g/mol. The molecule has 0 unspecified atom stereocenters. The molecule has 1 amide bonds. The summed E-state index contributed by atoms with van der Waals surface area (Å²) in [7, 11) is 0. The lowest BCUT2D eigenvalue weighted by Gasteiger charge is -2.23. The average Bonchev–Trinajstić information content (AvgIpc) is 2.84. The lowest BCUT2D eigenvalue weighted by Crippen LogP contribution is -2.44. The second-order valence-electron chi connectivity index (χ2n) is 7.44. The van der Waals surface area contributed by atoms with Crippen LogP contribution in [-0.4, -0.2) is 15.0 Å². The predicted molar refractivity (Wildman–Crippen MR) is 125 cm³/mol. The Bertz CT molecular complexity index is 1300. The summed E-state index contributed by atoms with van der Waals surface area (Å²) in [5.74, 6) is -0.336. The molecule has 160 valence electrons. The van der Waals surface area contributed by atoms with E-state index in [0.717, 1.165) is 15.7 Å². The highest BCUT2D eigenvalue weighted by Crippen LogP contribution is 2.17. The van der Waals surface area contributed by atoms with E-state index in [-0.39, 0.29) is 12.5 Å². The Morgan fingerprint density at radius 1 is 0.719 bits per heavy atom. The summed E-state index contributed by atoms with van der Waals surface area (Å²) < 4.78 is 2.43. The van der Waals surface area contributed by atoms with Crippen LogP contribution in [0.3, 0.4) is 0 Å². The Labute approximate surface area is 185 Å². The number of hydrogen-bond acceptors (Lipinski definition) is 3. The molecule has 0 spiro atoms. The number of benzene rings is 3. The van der Waals surface area contributed by atoms with Gasteiger partial charge in [0, 0.05) is 18.0 Å². The zero-order valence-electron chi connectivity index (χ0n) is 17.5. The Morgan fingerprint density at radius 2 is 1.28 bits per heavy atom. The number of aromatic nitrogens is 2. The monoisotopic (exact) mass is 425 g/mol. The molecule has 0 aliphatic heterocycles. The van der Waals surface area contributed by atoms with E-state index < -0.39 is 11.2 Å². The highest BCUT2D eigenvalue weighted by molar-refractivity contribution is 5.93. The third-order valence-corrected chi connectivity index (χ3v) is 5.18. The van der Waals surface area contributed by atoms with Gasteiger partial charge in [0.05, 0.1) is 13.1 Å². The van der Waals surface area contributed by atoms with Gasteiger partial charge in [0.1, 0.15) is 6.54 Å². The summed E-state index contributed by atoms with van der Waals surface area (Å²) >= 11 is 0. The molecular formula is C26H23N3O3. The number of rotatable bonds is 7. The maximum Gasteiger partial charge on any atom is 0.331 e. The molecule has 6 nitrogen and oxygen atoms in total. The molecule has 0 atom stereocenters. The standard InChI is InChI=1S/C26H23N3O3/c30-24-16-17-27(18-21-10-4-1-5-11-21)26(32)29(24)20-25(31)28(23-14-8-3-9-15-23)19-22-12-6-2-7-13-22/h1-17H,18-20H2. The summed E-state index contributed by atoms with van der Waals surface area (Å²) in [6.07, 6.45) is 1.47. The smallest absolute Gasteiger partial charge is 0.306 e. The van der Waals surface area contributed by atoms with Crippen molar-refractivity contribution >= 4 is 11.6 Å². The van der Waals surface area contributed by atoms with Crippen LogP contribution in [0, 0.1) is 0 Å². The van der Waals surface area contributed by atoms with Crippen molar-refractivity contribution in [3.05, 3.63) is 135 Å². The van der Waals surface area contributed by atoms with E-state index in [9.17, 15) is 14.4 Å². The number of amides is 1. The topological polar surface area (TPSA) is 64.3 Å². The van der Waals surface area contributed by atoms with Gasteiger partial charge in [-0.1, -0.05) is 78.9 Å². The first-order chi connectivity index (χ1) is 15.6. The molecule has 6 heteroatoms. The molecule has 1 heterocycles. The van der Waals surface area contributed by atoms with Crippen LogP contribution in [-0.2, 0) is 24.4 Å². The molecule has 0 N–H and O–H groups in total. The SMILES string of the molecule is O=C(Cn1c(=O)ccn(Cc2ccccc2)c1=O)N(Cc1ccccc1)c1ccccc1. The third kappa shape index (κ3) is 4.92. The van der Waals surface area contributed by atoms with Gasteiger partial charge in [0.2, 0.25) is 5.91 Å². The number of hydrogen-bond donors (Lipinski definition) is 0. The average molecular weight is 425 g/mol. The van der Waals surface area contributed by atoms with Crippen molar-refractivity contribution in [2.75, 3.05) is 4.90 Å². The normalized spacial score (nSPS) is 10.6. The van der Waals surface area contributed by atoms with Gasteiger partial charge >= 0.3 is 5.69 Å². The molecule has 0 aliphatic carbocycles. The minimum Gasteiger partial charge on any atom is -0.306 e. The molecule has 0 radical (unpaired) electrons. The predicted octanol–water partition coefficient (Wildman–Crippen LogP) is 3.29. The third-order valence-electron chi connectivity index (χ3n) is 5.18. The molecule has 1 aromatic heterocycles. The van der Waals surface area contributed by atoms with Gasteiger partial charge in [-0.05, 0) is 23.3 Å². The first-order valence-corrected chi connectivity index (χ1v) is 10.4. The molecule has 0 saturated carbocycles. The Kier molecular flexibility index (Phi) is 6.41. The van der Waals surface area contributed by atoms with Crippen molar-refractivity contribution in [1.29, 1.82) is 0 Å². The minimum absolute atomic E-state index is 0.320. The number of anilines is 1. The van der Waals surface area contributed by atoms with E-state index in [1.807, 2.05) is 91.0 Å². The minimum atomic E-state index is -0.512. The van der Waals surface area contributed by atoms with E-state index in [1.54, 1.807) is 4.90 Å². The second-order valence-corrected chi connectivity index (χ2v) is 7.44. The molecule has 0 aliphatic rings. The molecule has 0 fully saturated rings. The van der Waals surface area contributed by atoms with Crippen LogP contribution >= 0.6 is 0 Å². The fourth-order valence-corrected chi connectivity index (χ4v) is 3.52. The largest absolute Gasteiger partial charge is 0.331 e. The fourth-order valence-electron chi connectivity index (χ4n) is 3.52. The highest BCUT2D eigenvalue weighted by atomic mass is 16.2. The maximum atomic E-state index is 13.3. The lowest BCUT2D eigenvalue weighted by atomic mass is 10.2. The molecule has 0 bridgehead atoms. The summed E-state index contributed by atoms with van der Waals surface area (Å²) in [4.78, 5) is 40.4. The Morgan fingerprint density at radius 3 is 1.91 bits per heavy atom. The van der Waals surface area contributed by atoms with Crippen LogP contribution in [0.25, 0.3) is 0 Å². The summed E-state index contributed by atoms with van der Waals surface area (Å²) in [5.41, 5.74) is 1.57. The van der Waals surface area contributed by atoms with Crippen molar-refractivity contribution in [3.63, 3.8) is 0 Å². The maximum absolute atomic E-state index is 13.3. The van der Waals surface area contributed by atoms with Crippen molar-refractivity contribution in [1.82, 2.24) is 9.13 Å². The van der Waals surface area contributed by atoms with E-state index in [4.69, 9.17) is 0 Å². The number of para-hydroxylation sites is 1. The summed E-state index contributed by atoms with van der Waals surface area (Å²) in [5, 5.41) is 0. The quantitative estimate of drug-likeness (QED) is 0.456. The van der Waals surface area contributed by atoms with Crippen LogP contribution in [0.1, 0.15) is 11.1 Å². The zero-order valence-corrected chi connectivity index (χ0v) is 17.5. The van der Waals surface area contributed by atoms with Gasteiger partial charge in [-0.2, -0.15) is 0 Å². The van der Waals surface area contributed by atoms with Crippen molar-refractivity contribution in [2.45, 2.75) is 19.6 Å². The van der Waals surface area contributed by atoms with Gasteiger partial charge < -0.3 is 4.90 Å². The molecule has 4 aromatic rings. The van der Waals surface area contributed by atoms with Crippen LogP contribution in [0.4, 0.5) is 5.69 Å². The van der Waals surface area contributed by atoms with Gasteiger partial charge in [0.15, 0.2) is 0 Å². The lowest BCUT2D eigenvalue weighted by molar-refractivity contribution is -0.119. The highest BCUT2D eigenvalue weighted by Gasteiger charge is 2.19. The summed E-state index contributed by atoms with van der Waals surface area (Å²) in [6, 6.07) is 29.7. The van der Waals surface area contributed by atoms with Crippen LogP contribution in [0.15, 0.2) is 113 Å². The van der Waals surface area contributed by atoms with Crippen LogP contribution in [0.2, 0.25) is 0 Å². The van der Waals surface area contributed by atoms with Gasteiger partial charge in [-0.25, -0.2) is 4.79 Å². The van der Waals surface area contributed by atoms with E-state index in [0.29, 0.717) is 18.8 Å². The van der Waals surface area contributed by atoms with E-state index in [1.165, 1.54) is 16.8 Å². The molecule has 4 rings (SSSR count). The van der Waals surface area contributed by atoms with Gasteiger partial charge in [-0.3, -0.25) is 18.7 Å². The van der Waals surface area contributed by atoms with Crippen LogP contribution in [0.5, 0.6) is 0 Å².